The number of fused-ring (bicyclic) bond motifs is 2. The fraction of sp³-hybridized carbons (Fsp3) is 0.250. The number of rotatable bonds is 6. The predicted octanol–water partition coefficient (Wildman–Crippen LogP) is 2.60. The lowest BCUT2D eigenvalue weighted by Gasteiger charge is -2.28. The number of nitrogens with zero attached hydrogens (tertiary/aromatic N) is 7. The van der Waals surface area contributed by atoms with Crippen LogP contribution in [0.5, 0.6) is 0 Å². The first kappa shape index (κ1) is 22.3. The number of carbonyl (C=O) groups excluding carboxylic acids is 1. The van der Waals surface area contributed by atoms with Crippen LogP contribution in [-0.2, 0) is 11.3 Å². The van der Waals surface area contributed by atoms with E-state index in [1.54, 1.807) is 11.3 Å². The minimum atomic E-state index is -0.551. The third-order valence-corrected chi connectivity index (χ3v) is 7.20. The SMILES string of the molecule is CN(Cc1cc2nc(-c3cccc4[nH]ncc34)nc(N3CCOCC3)c2s1)c1ncc(C(N)=O)cn1. The Morgan fingerprint density at radius 3 is 2.78 bits per heavy atom. The summed E-state index contributed by atoms with van der Waals surface area (Å²) in [6.45, 7) is 3.45. The average Bonchev–Trinajstić information content (AvgIpc) is 3.55. The fourth-order valence-electron chi connectivity index (χ4n) is 4.27. The van der Waals surface area contributed by atoms with Crippen LogP contribution in [0.1, 0.15) is 15.2 Å². The maximum absolute atomic E-state index is 11.3. The summed E-state index contributed by atoms with van der Waals surface area (Å²) in [5.41, 5.74) is 8.35. The lowest BCUT2D eigenvalue weighted by atomic mass is 10.1. The molecule has 5 heterocycles. The van der Waals surface area contributed by atoms with Crippen LogP contribution in [0.3, 0.4) is 0 Å². The molecule has 6 rings (SSSR count). The second kappa shape index (κ2) is 9.13. The molecule has 0 atom stereocenters. The summed E-state index contributed by atoms with van der Waals surface area (Å²) in [7, 11) is 1.91. The van der Waals surface area contributed by atoms with Crippen molar-refractivity contribution in [3.05, 3.63) is 53.3 Å². The summed E-state index contributed by atoms with van der Waals surface area (Å²) in [4.78, 5) is 35.2. The number of carbonyl (C=O) groups is 1. The summed E-state index contributed by atoms with van der Waals surface area (Å²) in [5.74, 6) is 1.54. The number of hydrogen-bond acceptors (Lipinski definition) is 10. The molecular formula is C24H23N9O2S. The molecule has 0 spiro atoms. The summed E-state index contributed by atoms with van der Waals surface area (Å²) >= 11 is 1.66. The number of aromatic nitrogens is 6. The third-order valence-electron chi connectivity index (χ3n) is 6.10. The monoisotopic (exact) mass is 501 g/mol. The van der Waals surface area contributed by atoms with Crippen LogP contribution in [0.2, 0.25) is 0 Å². The molecule has 12 heteroatoms. The molecule has 1 saturated heterocycles. The Kier molecular flexibility index (Phi) is 5.66. The molecule has 1 aliphatic heterocycles. The zero-order valence-corrected chi connectivity index (χ0v) is 20.3. The largest absolute Gasteiger partial charge is 0.378 e. The Morgan fingerprint density at radius 1 is 1.19 bits per heavy atom. The highest BCUT2D eigenvalue weighted by Crippen LogP contribution is 2.36. The molecule has 0 bridgehead atoms. The van der Waals surface area contributed by atoms with Crippen LogP contribution in [0.25, 0.3) is 32.5 Å². The van der Waals surface area contributed by atoms with Gasteiger partial charge >= 0.3 is 0 Å². The molecule has 3 N–H and O–H groups in total. The van der Waals surface area contributed by atoms with Crippen molar-refractivity contribution in [3.63, 3.8) is 0 Å². The molecule has 11 nitrogen and oxygen atoms in total. The van der Waals surface area contributed by atoms with E-state index in [4.69, 9.17) is 20.4 Å². The standard InChI is InChI=1S/C24H23N9O2S/c1-32(24-26-10-14(11-27-24)21(25)34)13-15-9-19-20(36-15)23(33-5-7-35-8-6-33)30-22(29-19)16-3-2-4-18-17(16)12-28-31-18/h2-4,9-12H,5-8,13H2,1H3,(H2,25,34)(H,28,31). The molecule has 5 aromatic rings. The predicted molar refractivity (Wildman–Crippen MR) is 138 cm³/mol. The maximum Gasteiger partial charge on any atom is 0.251 e. The van der Waals surface area contributed by atoms with Crippen LogP contribution >= 0.6 is 11.3 Å². The molecule has 182 valence electrons. The molecule has 0 saturated carbocycles. The van der Waals surface area contributed by atoms with Gasteiger partial charge in [0.25, 0.3) is 5.91 Å². The first-order valence-corrected chi connectivity index (χ1v) is 12.3. The normalized spacial score (nSPS) is 14.0. The number of nitrogens with two attached hydrogens (primary N) is 1. The van der Waals surface area contributed by atoms with E-state index >= 15 is 0 Å². The van der Waals surface area contributed by atoms with Gasteiger partial charge < -0.3 is 20.3 Å². The highest BCUT2D eigenvalue weighted by molar-refractivity contribution is 7.19. The van der Waals surface area contributed by atoms with E-state index < -0.39 is 5.91 Å². The van der Waals surface area contributed by atoms with Crippen molar-refractivity contribution < 1.29 is 9.53 Å². The lowest BCUT2D eigenvalue weighted by molar-refractivity contribution is 0.0999. The van der Waals surface area contributed by atoms with Gasteiger partial charge in [-0.15, -0.1) is 11.3 Å². The van der Waals surface area contributed by atoms with Crippen molar-refractivity contribution in [2.24, 2.45) is 5.73 Å². The van der Waals surface area contributed by atoms with Gasteiger partial charge in [0.1, 0.15) is 0 Å². The summed E-state index contributed by atoms with van der Waals surface area (Å²) in [6, 6.07) is 8.09. The van der Waals surface area contributed by atoms with E-state index in [0.717, 1.165) is 50.5 Å². The van der Waals surface area contributed by atoms with Gasteiger partial charge in [0, 0.05) is 48.4 Å². The molecule has 1 amide bonds. The Labute approximate surface area is 210 Å². The van der Waals surface area contributed by atoms with Gasteiger partial charge in [0.2, 0.25) is 5.95 Å². The third kappa shape index (κ3) is 4.10. The van der Waals surface area contributed by atoms with Crippen molar-refractivity contribution >= 4 is 50.1 Å². The van der Waals surface area contributed by atoms with E-state index in [1.165, 1.54) is 12.4 Å². The molecular weight excluding hydrogens is 478 g/mol. The Morgan fingerprint density at radius 2 is 2.00 bits per heavy atom. The number of benzene rings is 1. The minimum absolute atomic E-state index is 0.277. The van der Waals surface area contributed by atoms with Gasteiger partial charge in [0.05, 0.1) is 47.3 Å². The quantitative estimate of drug-likeness (QED) is 0.359. The van der Waals surface area contributed by atoms with Crippen LogP contribution in [0.15, 0.2) is 42.9 Å². The molecule has 4 aromatic heterocycles. The van der Waals surface area contributed by atoms with Crippen LogP contribution in [0, 0.1) is 0 Å². The molecule has 0 aliphatic carbocycles. The first-order valence-electron chi connectivity index (χ1n) is 11.5. The van der Waals surface area contributed by atoms with E-state index in [2.05, 4.69) is 31.1 Å². The Hall–Kier alpha value is -4.16. The van der Waals surface area contributed by atoms with Crippen molar-refractivity contribution in [1.82, 2.24) is 30.1 Å². The van der Waals surface area contributed by atoms with Crippen molar-refractivity contribution in [1.29, 1.82) is 0 Å². The molecule has 1 aromatic carbocycles. The van der Waals surface area contributed by atoms with Crippen LogP contribution in [-0.4, -0.2) is 69.4 Å². The highest BCUT2D eigenvalue weighted by Gasteiger charge is 2.21. The molecule has 1 aliphatic rings. The van der Waals surface area contributed by atoms with Crippen molar-refractivity contribution in [2.45, 2.75) is 6.54 Å². The Bertz CT molecular complexity index is 1560. The zero-order chi connectivity index (χ0) is 24.6. The smallest absolute Gasteiger partial charge is 0.251 e. The van der Waals surface area contributed by atoms with Crippen LogP contribution < -0.4 is 15.5 Å². The van der Waals surface area contributed by atoms with Gasteiger partial charge in [-0.2, -0.15) is 5.10 Å². The van der Waals surface area contributed by atoms with Crippen molar-refractivity contribution in [3.8, 4) is 11.4 Å². The summed E-state index contributed by atoms with van der Waals surface area (Å²) < 4.78 is 6.62. The Balaban J connectivity index is 1.40. The maximum atomic E-state index is 11.3. The summed E-state index contributed by atoms with van der Waals surface area (Å²) in [6.07, 6.45) is 4.69. The molecule has 36 heavy (non-hydrogen) atoms. The highest BCUT2D eigenvalue weighted by atomic mass is 32.1. The number of amides is 1. The number of ether oxygens (including phenoxy) is 1. The minimum Gasteiger partial charge on any atom is -0.378 e. The number of hydrogen-bond donors (Lipinski definition) is 2. The van der Waals surface area contributed by atoms with E-state index in [9.17, 15) is 4.79 Å². The number of H-pyrrole nitrogens is 1. The van der Waals surface area contributed by atoms with Crippen LogP contribution in [0.4, 0.5) is 11.8 Å². The number of anilines is 2. The second-order valence-corrected chi connectivity index (χ2v) is 9.66. The number of thiophene rings is 1. The van der Waals surface area contributed by atoms with Gasteiger partial charge in [-0.05, 0) is 12.1 Å². The van der Waals surface area contributed by atoms with Gasteiger partial charge in [-0.3, -0.25) is 9.89 Å². The first-order chi connectivity index (χ1) is 17.6. The van der Waals surface area contributed by atoms with Gasteiger partial charge in [-0.1, -0.05) is 12.1 Å². The number of nitrogens with one attached hydrogen (secondary N) is 1. The number of primary amides is 1. The van der Waals surface area contributed by atoms with E-state index in [1.807, 2.05) is 36.3 Å². The summed E-state index contributed by atoms with van der Waals surface area (Å²) in [5, 5.41) is 8.20. The van der Waals surface area contributed by atoms with Crippen molar-refractivity contribution in [2.75, 3.05) is 43.2 Å². The molecule has 0 radical (unpaired) electrons. The number of aromatic amines is 1. The zero-order valence-electron chi connectivity index (χ0n) is 19.5. The van der Waals surface area contributed by atoms with Gasteiger partial charge in [-0.25, -0.2) is 19.9 Å². The number of morpholine rings is 1. The molecule has 0 unspecified atom stereocenters. The fourth-order valence-corrected chi connectivity index (χ4v) is 5.43. The molecule has 1 fully saturated rings. The van der Waals surface area contributed by atoms with Gasteiger partial charge in [0.15, 0.2) is 11.6 Å². The topological polar surface area (TPSA) is 139 Å². The lowest BCUT2D eigenvalue weighted by Crippen LogP contribution is -2.36. The van der Waals surface area contributed by atoms with E-state index in [0.29, 0.717) is 31.5 Å². The second-order valence-electron chi connectivity index (χ2n) is 8.53. The van der Waals surface area contributed by atoms with E-state index in [-0.39, 0.29) is 5.56 Å². The average molecular weight is 502 g/mol.